The molecule has 0 spiro atoms. The van der Waals surface area contributed by atoms with E-state index in [4.69, 9.17) is 5.10 Å². The number of non-ortho nitro benzene ring substituents is 1. The molecule has 0 saturated carbocycles. The van der Waals surface area contributed by atoms with Crippen molar-refractivity contribution in [3.8, 4) is 5.69 Å². The third-order valence-corrected chi connectivity index (χ3v) is 6.49. The standard InChI is InChI=1S/C31H34N6O4/c1-21-11-16-26(22(2)17-21)36-28(18-27(34-36)31(3,4)5)33-29(38)20-35(19-23-9-7-6-8-10-23)30(39)32-24-12-14-25(15-13-24)37(40)41/h6-18H,19-20H2,1-5H3,(H,32,39)(H,33,38). The number of anilines is 2. The number of nitro groups is 1. The van der Waals surface area contributed by atoms with E-state index in [1.54, 1.807) is 4.68 Å². The van der Waals surface area contributed by atoms with Crippen LogP contribution in [0.3, 0.4) is 0 Å². The summed E-state index contributed by atoms with van der Waals surface area (Å²) in [6, 6.07) is 22.2. The highest BCUT2D eigenvalue weighted by molar-refractivity contribution is 5.96. The Morgan fingerprint density at radius 2 is 1.63 bits per heavy atom. The number of carbonyl (C=O) groups is 2. The van der Waals surface area contributed by atoms with Gasteiger partial charge < -0.3 is 15.5 Å². The van der Waals surface area contributed by atoms with Crippen molar-refractivity contribution in [2.45, 2.75) is 46.6 Å². The molecular weight excluding hydrogens is 520 g/mol. The van der Waals surface area contributed by atoms with Gasteiger partial charge in [0.2, 0.25) is 5.91 Å². The topological polar surface area (TPSA) is 122 Å². The van der Waals surface area contributed by atoms with Crippen LogP contribution in [0.25, 0.3) is 5.69 Å². The number of nitro benzene ring substituents is 1. The van der Waals surface area contributed by atoms with Crippen molar-refractivity contribution < 1.29 is 14.5 Å². The van der Waals surface area contributed by atoms with Crippen molar-refractivity contribution in [2.75, 3.05) is 17.2 Å². The molecule has 1 aromatic heterocycles. The smallest absolute Gasteiger partial charge is 0.311 e. The van der Waals surface area contributed by atoms with E-state index in [9.17, 15) is 19.7 Å². The van der Waals surface area contributed by atoms with Crippen LogP contribution in [-0.2, 0) is 16.8 Å². The van der Waals surface area contributed by atoms with E-state index in [0.717, 1.165) is 28.1 Å². The van der Waals surface area contributed by atoms with Crippen LogP contribution in [0, 0.1) is 24.0 Å². The van der Waals surface area contributed by atoms with Crippen molar-refractivity contribution >= 4 is 29.1 Å². The first-order valence-corrected chi connectivity index (χ1v) is 13.2. The van der Waals surface area contributed by atoms with Gasteiger partial charge in [-0.25, -0.2) is 9.48 Å². The minimum atomic E-state index is -0.517. The Kier molecular flexibility index (Phi) is 8.51. The van der Waals surface area contributed by atoms with Crippen LogP contribution in [0.2, 0.25) is 0 Å². The Labute approximate surface area is 239 Å². The number of hydrogen-bond donors (Lipinski definition) is 2. The van der Waals surface area contributed by atoms with Gasteiger partial charge in [-0.1, -0.05) is 68.8 Å². The van der Waals surface area contributed by atoms with E-state index in [2.05, 4.69) is 37.5 Å². The SMILES string of the molecule is Cc1ccc(-n2nc(C(C)(C)C)cc2NC(=O)CN(Cc2ccccc2)C(=O)Nc2ccc([N+](=O)[O-])cc2)c(C)c1. The molecule has 0 atom stereocenters. The third-order valence-electron chi connectivity index (χ3n) is 6.49. The number of nitrogens with zero attached hydrogens (tertiary/aromatic N) is 4. The molecule has 0 aliphatic carbocycles. The number of carbonyl (C=O) groups excluding carboxylic acids is 2. The summed E-state index contributed by atoms with van der Waals surface area (Å²) in [4.78, 5) is 38.6. The molecule has 4 rings (SSSR count). The van der Waals surface area contributed by atoms with E-state index in [-0.39, 0.29) is 24.2 Å². The van der Waals surface area contributed by atoms with E-state index in [0.29, 0.717) is 11.5 Å². The molecule has 0 unspecified atom stereocenters. The molecule has 3 amide bonds. The highest BCUT2D eigenvalue weighted by Crippen LogP contribution is 2.28. The summed E-state index contributed by atoms with van der Waals surface area (Å²) in [5, 5.41) is 21.5. The van der Waals surface area contributed by atoms with Gasteiger partial charge >= 0.3 is 6.03 Å². The Hall–Kier alpha value is -4.99. The molecule has 212 valence electrons. The Morgan fingerprint density at radius 3 is 2.24 bits per heavy atom. The number of urea groups is 1. The zero-order chi connectivity index (χ0) is 29.7. The second-order valence-corrected chi connectivity index (χ2v) is 11.0. The minimum Gasteiger partial charge on any atom is -0.311 e. The molecule has 10 nitrogen and oxygen atoms in total. The van der Waals surface area contributed by atoms with Gasteiger partial charge in [0.1, 0.15) is 12.4 Å². The van der Waals surface area contributed by atoms with Crippen LogP contribution in [-0.4, -0.2) is 38.1 Å². The van der Waals surface area contributed by atoms with Gasteiger partial charge in [0.05, 0.1) is 16.3 Å². The molecule has 2 N–H and O–H groups in total. The molecule has 0 fully saturated rings. The molecule has 0 saturated heterocycles. The predicted molar refractivity (Wildman–Crippen MR) is 159 cm³/mol. The molecule has 0 aliphatic heterocycles. The first kappa shape index (κ1) is 29.0. The first-order chi connectivity index (χ1) is 19.4. The molecule has 0 radical (unpaired) electrons. The molecule has 4 aromatic rings. The second kappa shape index (κ2) is 12.0. The Morgan fingerprint density at radius 1 is 0.951 bits per heavy atom. The van der Waals surface area contributed by atoms with Crippen molar-refractivity contribution in [3.05, 3.63) is 111 Å². The number of rotatable bonds is 8. The van der Waals surface area contributed by atoms with Gasteiger partial charge in [-0.15, -0.1) is 0 Å². The lowest BCUT2D eigenvalue weighted by atomic mass is 9.92. The maximum absolute atomic E-state index is 13.4. The highest BCUT2D eigenvalue weighted by atomic mass is 16.6. The molecule has 10 heteroatoms. The Balaban J connectivity index is 1.59. The van der Waals surface area contributed by atoms with Crippen LogP contribution in [0.5, 0.6) is 0 Å². The van der Waals surface area contributed by atoms with Gasteiger partial charge in [-0.2, -0.15) is 5.10 Å². The normalized spacial score (nSPS) is 11.1. The third kappa shape index (κ3) is 7.36. The van der Waals surface area contributed by atoms with Gasteiger partial charge in [-0.05, 0) is 43.2 Å². The fraction of sp³-hybridized carbons (Fsp3) is 0.258. The van der Waals surface area contributed by atoms with Gasteiger partial charge in [0, 0.05) is 35.8 Å². The summed E-state index contributed by atoms with van der Waals surface area (Å²) in [6.07, 6.45) is 0. The fourth-order valence-electron chi connectivity index (χ4n) is 4.29. The summed E-state index contributed by atoms with van der Waals surface area (Å²) in [5.74, 6) is 0.105. The number of amides is 3. The minimum absolute atomic E-state index is 0.0847. The first-order valence-electron chi connectivity index (χ1n) is 13.2. The summed E-state index contributed by atoms with van der Waals surface area (Å²) in [5.41, 5.74) is 4.67. The summed E-state index contributed by atoms with van der Waals surface area (Å²) >= 11 is 0. The molecule has 41 heavy (non-hydrogen) atoms. The largest absolute Gasteiger partial charge is 0.322 e. The summed E-state index contributed by atoms with van der Waals surface area (Å²) in [7, 11) is 0. The molecular formula is C31H34N6O4. The number of aromatic nitrogens is 2. The van der Waals surface area contributed by atoms with Crippen LogP contribution in [0.1, 0.15) is 43.2 Å². The van der Waals surface area contributed by atoms with Crippen molar-refractivity contribution in [1.29, 1.82) is 0 Å². The number of aryl methyl sites for hydroxylation is 2. The van der Waals surface area contributed by atoms with E-state index < -0.39 is 16.9 Å². The van der Waals surface area contributed by atoms with Crippen molar-refractivity contribution in [3.63, 3.8) is 0 Å². The molecule has 3 aromatic carbocycles. The fourth-order valence-corrected chi connectivity index (χ4v) is 4.29. The average molecular weight is 555 g/mol. The van der Waals surface area contributed by atoms with Crippen LogP contribution in [0.15, 0.2) is 78.9 Å². The maximum Gasteiger partial charge on any atom is 0.322 e. The van der Waals surface area contributed by atoms with Gasteiger partial charge in [0.15, 0.2) is 0 Å². The lowest BCUT2D eigenvalue weighted by molar-refractivity contribution is -0.384. The number of benzene rings is 3. The Bertz CT molecular complexity index is 1560. The highest BCUT2D eigenvalue weighted by Gasteiger charge is 2.24. The molecule has 0 aliphatic rings. The van der Waals surface area contributed by atoms with E-state index >= 15 is 0 Å². The van der Waals surface area contributed by atoms with Crippen molar-refractivity contribution in [1.82, 2.24) is 14.7 Å². The number of hydrogen-bond acceptors (Lipinski definition) is 5. The zero-order valence-corrected chi connectivity index (χ0v) is 23.8. The second-order valence-electron chi connectivity index (χ2n) is 11.0. The monoisotopic (exact) mass is 554 g/mol. The van der Waals surface area contributed by atoms with Gasteiger partial charge in [-0.3, -0.25) is 14.9 Å². The predicted octanol–water partition coefficient (Wildman–Crippen LogP) is 6.37. The maximum atomic E-state index is 13.4. The zero-order valence-electron chi connectivity index (χ0n) is 23.8. The summed E-state index contributed by atoms with van der Waals surface area (Å²) < 4.78 is 1.73. The van der Waals surface area contributed by atoms with Crippen LogP contribution in [0.4, 0.5) is 22.0 Å². The molecule has 0 bridgehead atoms. The quantitative estimate of drug-likeness (QED) is 0.194. The summed E-state index contributed by atoms with van der Waals surface area (Å²) in [6.45, 7) is 10.1. The van der Waals surface area contributed by atoms with Gasteiger partial charge in [0.25, 0.3) is 5.69 Å². The van der Waals surface area contributed by atoms with E-state index in [1.807, 2.05) is 62.4 Å². The van der Waals surface area contributed by atoms with Crippen LogP contribution >= 0.6 is 0 Å². The molecule has 1 heterocycles. The van der Waals surface area contributed by atoms with Crippen molar-refractivity contribution in [2.24, 2.45) is 0 Å². The lowest BCUT2D eigenvalue weighted by Gasteiger charge is -2.23. The number of nitrogens with one attached hydrogen (secondary N) is 2. The van der Waals surface area contributed by atoms with E-state index in [1.165, 1.54) is 29.2 Å². The van der Waals surface area contributed by atoms with Crippen LogP contribution < -0.4 is 10.6 Å². The lowest BCUT2D eigenvalue weighted by Crippen LogP contribution is -2.40. The average Bonchev–Trinajstić information content (AvgIpc) is 3.33.